The van der Waals surface area contributed by atoms with Crippen LogP contribution < -0.4 is 5.32 Å². The van der Waals surface area contributed by atoms with Gasteiger partial charge in [0.05, 0.1) is 5.52 Å². The summed E-state index contributed by atoms with van der Waals surface area (Å²) in [4.78, 5) is 17.2. The lowest BCUT2D eigenvalue weighted by molar-refractivity contribution is 0.997. The van der Waals surface area contributed by atoms with Gasteiger partial charge in [0.1, 0.15) is 28.5 Å². The van der Waals surface area contributed by atoms with Crippen molar-refractivity contribution in [3.8, 4) is 0 Å². The Labute approximate surface area is 120 Å². The third-order valence-electron chi connectivity index (χ3n) is 2.97. The van der Waals surface area contributed by atoms with E-state index in [0.717, 1.165) is 32.3 Å². The molecule has 5 nitrogen and oxygen atoms in total. The Bertz CT molecular complexity index is 754. The summed E-state index contributed by atoms with van der Waals surface area (Å²) in [5.74, 6) is 0.834. The van der Waals surface area contributed by atoms with E-state index < -0.39 is 0 Å². The number of nitrogens with one attached hydrogen (secondary N) is 1. The van der Waals surface area contributed by atoms with Crippen molar-refractivity contribution in [2.45, 2.75) is 17.0 Å². The van der Waals surface area contributed by atoms with E-state index >= 15 is 0 Å². The molecule has 6 heteroatoms. The molecule has 3 aromatic rings. The Morgan fingerprint density at radius 3 is 2.55 bits per heavy atom. The smallest absolute Gasteiger partial charge is 0.133 e. The lowest BCUT2D eigenvalue weighted by Gasteiger charge is -2.08. The minimum absolute atomic E-state index is 0.834. The fourth-order valence-electron chi connectivity index (χ4n) is 1.94. The Kier molecular flexibility index (Phi) is 3.47. The van der Waals surface area contributed by atoms with Crippen molar-refractivity contribution in [2.75, 3.05) is 12.4 Å². The highest BCUT2D eigenvalue weighted by atomic mass is 32.2. The summed E-state index contributed by atoms with van der Waals surface area (Å²) in [6.45, 7) is 2.00. The molecule has 20 heavy (non-hydrogen) atoms. The molecule has 0 aliphatic carbocycles. The second-order valence-electron chi connectivity index (χ2n) is 4.20. The highest BCUT2D eigenvalue weighted by Crippen LogP contribution is 2.32. The van der Waals surface area contributed by atoms with E-state index in [1.54, 1.807) is 12.7 Å². The maximum atomic E-state index is 4.37. The predicted octanol–water partition coefficient (Wildman–Crippen LogP) is 2.92. The molecule has 2 aromatic heterocycles. The summed E-state index contributed by atoms with van der Waals surface area (Å²) in [7, 11) is 1.85. The van der Waals surface area contributed by atoms with Gasteiger partial charge < -0.3 is 5.32 Å². The number of benzene rings is 1. The maximum Gasteiger partial charge on any atom is 0.133 e. The van der Waals surface area contributed by atoms with Crippen LogP contribution in [0.4, 0.5) is 5.82 Å². The zero-order chi connectivity index (χ0) is 13.9. The van der Waals surface area contributed by atoms with Crippen LogP contribution in [-0.2, 0) is 0 Å². The van der Waals surface area contributed by atoms with Gasteiger partial charge in [-0.2, -0.15) is 0 Å². The molecule has 0 spiro atoms. The van der Waals surface area contributed by atoms with Crippen molar-refractivity contribution < 1.29 is 0 Å². The van der Waals surface area contributed by atoms with Gasteiger partial charge in [0.25, 0.3) is 0 Å². The van der Waals surface area contributed by atoms with E-state index in [0.29, 0.717) is 0 Å². The van der Waals surface area contributed by atoms with Crippen LogP contribution in [0.1, 0.15) is 5.56 Å². The quantitative estimate of drug-likeness (QED) is 0.746. The highest BCUT2D eigenvalue weighted by molar-refractivity contribution is 7.99. The number of hydrogen-bond acceptors (Lipinski definition) is 6. The lowest BCUT2D eigenvalue weighted by Crippen LogP contribution is -1.99. The molecule has 100 valence electrons. The van der Waals surface area contributed by atoms with Crippen LogP contribution in [0.25, 0.3) is 10.9 Å². The van der Waals surface area contributed by atoms with E-state index in [1.165, 1.54) is 11.8 Å². The average molecular weight is 283 g/mol. The summed E-state index contributed by atoms with van der Waals surface area (Å²) in [5.41, 5.74) is 1.95. The fraction of sp³-hybridized carbons (Fsp3) is 0.143. The van der Waals surface area contributed by atoms with Gasteiger partial charge in [-0.15, -0.1) is 0 Å². The molecule has 0 atom stereocenters. The number of rotatable bonds is 3. The van der Waals surface area contributed by atoms with Crippen LogP contribution in [0.5, 0.6) is 0 Å². The molecule has 0 bridgehead atoms. The Hall–Kier alpha value is -2.21. The molecule has 0 saturated heterocycles. The van der Waals surface area contributed by atoms with E-state index in [1.807, 2.05) is 38.2 Å². The van der Waals surface area contributed by atoms with E-state index in [9.17, 15) is 0 Å². The van der Waals surface area contributed by atoms with Crippen molar-refractivity contribution in [3.63, 3.8) is 0 Å². The first kappa shape index (κ1) is 12.8. The predicted molar refractivity (Wildman–Crippen MR) is 80.0 cm³/mol. The van der Waals surface area contributed by atoms with Crippen LogP contribution >= 0.6 is 11.8 Å². The van der Waals surface area contributed by atoms with Crippen LogP contribution in [-0.4, -0.2) is 27.0 Å². The normalized spacial score (nSPS) is 10.7. The lowest BCUT2D eigenvalue weighted by atomic mass is 10.2. The number of aromatic nitrogens is 4. The van der Waals surface area contributed by atoms with Crippen LogP contribution in [0.15, 0.2) is 47.0 Å². The van der Waals surface area contributed by atoms with Gasteiger partial charge in [-0.3, -0.25) is 0 Å². The van der Waals surface area contributed by atoms with Gasteiger partial charge in [-0.25, -0.2) is 19.9 Å². The Balaban J connectivity index is 2.06. The molecule has 0 radical (unpaired) electrons. The zero-order valence-electron chi connectivity index (χ0n) is 11.2. The monoisotopic (exact) mass is 283 g/mol. The Morgan fingerprint density at radius 2 is 1.70 bits per heavy atom. The molecule has 2 heterocycles. The third kappa shape index (κ3) is 2.30. The van der Waals surface area contributed by atoms with Gasteiger partial charge in [0.2, 0.25) is 0 Å². The van der Waals surface area contributed by atoms with Gasteiger partial charge >= 0.3 is 0 Å². The maximum absolute atomic E-state index is 4.37. The van der Waals surface area contributed by atoms with Crippen LogP contribution in [0.2, 0.25) is 0 Å². The molecule has 0 fully saturated rings. The van der Waals surface area contributed by atoms with Crippen molar-refractivity contribution in [3.05, 3.63) is 42.5 Å². The molecule has 0 amide bonds. The molecule has 1 aromatic carbocycles. The summed E-state index contributed by atoms with van der Waals surface area (Å²) < 4.78 is 0. The topological polar surface area (TPSA) is 63.6 Å². The first-order valence-electron chi connectivity index (χ1n) is 6.16. The SMILES string of the molecule is CNc1ncnc(Sc2ncnc3ccccc23)c1C. The molecule has 3 rings (SSSR count). The summed E-state index contributed by atoms with van der Waals surface area (Å²) in [6, 6.07) is 7.96. The second-order valence-corrected chi connectivity index (χ2v) is 5.18. The minimum Gasteiger partial charge on any atom is -0.373 e. The number of fused-ring (bicyclic) bond motifs is 1. The standard InChI is InChI=1S/C14H13N5S/c1-9-12(15-2)17-8-18-13(9)20-14-10-5-3-4-6-11(10)16-7-19-14/h3-8H,1-2H3,(H,15,17,18). The fourth-order valence-corrected chi connectivity index (χ4v) is 2.86. The number of hydrogen-bond donors (Lipinski definition) is 1. The average Bonchev–Trinajstić information content (AvgIpc) is 2.50. The molecular weight excluding hydrogens is 270 g/mol. The van der Waals surface area contributed by atoms with Crippen LogP contribution in [0, 0.1) is 6.92 Å². The molecule has 0 aliphatic rings. The first-order chi connectivity index (χ1) is 9.79. The third-order valence-corrected chi connectivity index (χ3v) is 4.10. The second kappa shape index (κ2) is 5.42. The number of anilines is 1. The van der Waals surface area contributed by atoms with Crippen molar-refractivity contribution in [2.24, 2.45) is 0 Å². The largest absolute Gasteiger partial charge is 0.373 e. The molecule has 0 saturated carbocycles. The molecule has 0 aliphatic heterocycles. The molecular formula is C14H13N5S. The Morgan fingerprint density at radius 1 is 0.950 bits per heavy atom. The zero-order valence-corrected chi connectivity index (χ0v) is 12.0. The summed E-state index contributed by atoms with van der Waals surface area (Å²) in [6.07, 6.45) is 3.14. The molecule has 0 unspecified atom stereocenters. The van der Waals surface area contributed by atoms with Crippen molar-refractivity contribution in [1.29, 1.82) is 0 Å². The number of para-hydroxylation sites is 1. The first-order valence-corrected chi connectivity index (χ1v) is 6.98. The van der Waals surface area contributed by atoms with Crippen molar-refractivity contribution in [1.82, 2.24) is 19.9 Å². The number of nitrogens with zero attached hydrogens (tertiary/aromatic N) is 4. The van der Waals surface area contributed by atoms with Crippen molar-refractivity contribution >= 4 is 28.5 Å². The van der Waals surface area contributed by atoms with Crippen LogP contribution in [0.3, 0.4) is 0 Å². The van der Waals surface area contributed by atoms with E-state index in [4.69, 9.17) is 0 Å². The summed E-state index contributed by atoms with van der Waals surface area (Å²) >= 11 is 1.53. The van der Waals surface area contributed by atoms with Gasteiger partial charge in [-0.05, 0) is 24.8 Å². The molecule has 1 N–H and O–H groups in total. The van der Waals surface area contributed by atoms with Gasteiger partial charge in [0, 0.05) is 18.0 Å². The van der Waals surface area contributed by atoms with Gasteiger partial charge in [0.15, 0.2) is 0 Å². The highest BCUT2D eigenvalue weighted by Gasteiger charge is 2.10. The summed E-state index contributed by atoms with van der Waals surface area (Å²) in [5, 5.41) is 5.89. The van der Waals surface area contributed by atoms with E-state index in [-0.39, 0.29) is 0 Å². The minimum atomic E-state index is 0.834. The van der Waals surface area contributed by atoms with Gasteiger partial charge in [-0.1, -0.05) is 18.2 Å². The van der Waals surface area contributed by atoms with E-state index in [2.05, 4.69) is 25.3 Å².